The highest BCUT2D eigenvalue weighted by atomic mass is 32.2. The summed E-state index contributed by atoms with van der Waals surface area (Å²) in [6.07, 6.45) is 0. The van der Waals surface area contributed by atoms with Crippen LogP contribution < -0.4 is 0 Å². The molecule has 0 fully saturated rings. The number of hydrogen-bond acceptors (Lipinski definition) is 3. The molecule has 0 bridgehead atoms. The summed E-state index contributed by atoms with van der Waals surface area (Å²) < 4.78 is 0. The standard InChI is InChI=1S/C15H15NO2S/c1-9-6-4-5-7-12(9)19-14-13(15(17)18)10(2)8-11(3)16-14/h4-8H,1-3H3,(H,17,18). The first kappa shape index (κ1) is 13.6. The molecular formula is C15H15NO2S. The molecule has 1 N–H and O–H groups in total. The molecule has 1 aromatic heterocycles. The molecule has 4 heteroatoms. The van der Waals surface area contributed by atoms with Crippen molar-refractivity contribution in [3.63, 3.8) is 0 Å². The first-order valence-electron chi connectivity index (χ1n) is 5.94. The van der Waals surface area contributed by atoms with E-state index in [-0.39, 0.29) is 0 Å². The lowest BCUT2D eigenvalue weighted by Gasteiger charge is -2.10. The Balaban J connectivity index is 2.51. The fourth-order valence-corrected chi connectivity index (χ4v) is 3.04. The SMILES string of the molecule is Cc1cc(C)c(C(=O)O)c(Sc2ccccc2C)n1. The van der Waals surface area contributed by atoms with E-state index in [2.05, 4.69) is 4.98 Å². The maximum Gasteiger partial charge on any atom is 0.338 e. The summed E-state index contributed by atoms with van der Waals surface area (Å²) in [6, 6.07) is 9.69. The fourth-order valence-electron chi connectivity index (χ4n) is 1.91. The number of aromatic nitrogens is 1. The van der Waals surface area contributed by atoms with Crippen LogP contribution in [0.4, 0.5) is 0 Å². The molecule has 0 radical (unpaired) electrons. The molecule has 0 saturated carbocycles. The van der Waals surface area contributed by atoms with E-state index in [4.69, 9.17) is 0 Å². The van der Waals surface area contributed by atoms with Gasteiger partial charge in [-0.15, -0.1) is 0 Å². The minimum atomic E-state index is -0.930. The summed E-state index contributed by atoms with van der Waals surface area (Å²) >= 11 is 1.41. The van der Waals surface area contributed by atoms with E-state index in [1.54, 1.807) is 13.0 Å². The third-order valence-electron chi connectivity index (χ3n) is 2.83. The van der Waals surface area contributed by atoms with Gasteiger partial charge in [0.15, 0.2) is 0 Å². The Kier molecular flexibility index (Phi) is 3.90. The highest BCUT2D eigenvalue weighted by Crippen LogP contribution is 2.32. The first-order chi connectivity index (χ1) is 8.99. The van der Waals surface area contributed by atoms with Crippen LogP contribution >= 0.6 is 11.8 Å². The van der Waals surface area contributed by atoms with E-state index in [9.17, 15) is 9.90 Å². The van der Waals surface area contributed by atoms with Gasteiger partial charge in [-0.3, -0.25) is 0 Å². The smallest absolute Gasteiger partial charge is 0.338 e. The average molecular weight is 273 g/mol. The zero-order valence-electron chi connectivity index (χ0n) is 11.1. The Bertz CT molecular complexity index is 638. The Labute approximate surface area is 116 Å². The Morgan fingerprint density at radius 3 is 2.47 bits per heavy atom. The number of carboxylic acid groups (broad SMARTS) is 1. The molecule has 2 aromatic rings. The lowest BCUT2D eigenvalue weighted by Crippen LogP contribution is -2.05. The summed E-state index contributed by atoms with van der Waals surface area (Å²) in [5.74, 6) is -0.930. The normalized spacial score (nSPS) is 10.5. The van der Waals surface area contributed by atoms with Crippen LogP contribution in [-0.2, 0) is 0 Å². The van der Waals surface area contributed by atoms with Crippen LogP contribution in [0.5, 0.6) is 0 Å². The maximum absolute atomic E-state index is 11.4. The minimum absolute atomic E-state index is 0.291. The van der Waals surface area contributed by atoms with Crippen LogP contribution in [0.25, 0.3) is 0 Å². The number of carboxylic acids is 1. The van der Waals surface area contributed by atoms with E-state index < -0.39 is 5.97 Å². The van der Waals surface area contributed by atoms with Gasteiger partial charge in [0.25, 0.3) is 0 Å². The number of nitrogens with zero attached hydrogens (tertiary/aromatic N) is 1. The molecule has 0 aliphatic carbocycles. The predicted molar refractivity (Wildman–Crippen MR) is 76.0 cm³/mol. The lowest BCUT2D eigenvalue weighted by atomic mass is 10.1. The van der Waals surface area contributed by atoms with Crippen molar-refractivity contribution in [3.05, 3.63) is 52.7 Å². The van der Waals surface area contributed by atoms with Crippen LogP contribution in [0.1, 0.15) is 27.2 Å². The molecule has 0 saturated heterocycles. The van der Waals surface area contributed by atoms with Gasteiger partial charge < -0.3 is 5.11 Å². The van der Waals surface area contributed by atoms with E-state index in [0.29, 0.717) is 10.6 Å². The van der Waals surface area contributed by atoms with Crippen molar-refractivity contribution in [1.29, 1.82) is 0 Å². The topological polar surface area (TPSA) is 50.2 Å². The van der Waals surface area contributed by atoms with Crippen LogP contribution in [0.3, 0.4) is 0 Å². The monoisotopic (exact) mass is 273 g/mol. The number of rotatable bonds is 3. The molecule has 0 spiro atoms. The van der Waals surface area contributed by atoms with E-state index in [1.165, 1.54) is 11.8 Å². The van der Waals surface area contributed by atoms with E-state index >= 15 is 0 Å². The molecule has 19 heavy (non-hydrogen) atoms. The van der Waals surface area contributed by atoms with Gasteiger partial charge in [-0.05, 0) is 44.0 Å². The molecule has 0 aliphatic rings. The molecular weight excluding hydrogens is 258 g/mol. The lowest BCUT2D eigenvalue weighted by molar-refractivity contribution is 0.0691. The number of pyridine rings is 1. The predicted octanol–water partition coefficient (Wildman–Crippen LogP) is 3.86. The van der Waals surface area contributed by atoms with E-state index in [0.717, 1.165) is 21.7 Å². The Morgan fingerprint density at radius 1 is 1.16 bits per heavy atom. The zero-order valence-corrected chi connectivity index (χ0v) is 11.9. The van der Waals surface area contributed by atoms with Crippen molar-refractivity contribution in [3.8, 4) is 0 Å². The maximum atomic E-state index is 11.4. The quantitative estimate of drug-likeness (QED) is 0.922. The molecule has 0 aliphatic heterocycles. The van der Waals surface area contributed by atoms with Crippen molar-refractivity contribution in [2.75, 3.05) is 0 Å². The van der Waals surface area contributed by atoms with Gasteiger partial charge in [0.05, 0.1) is 5.56 Å². The zero-order chi connectivity index (χ0) is 14.0. The van der Waals surface area contributed by atoms with Crippen LogP contribution in [0, 0.1) is 20.8 Å². The van der Waals surface area contributed by atoms with Crippen LogP contribution in [-0.4, -0.2) is 16.1 Å². The minimum Gasteiger partial charge on any atom is -0.478 e. The van der Waals surface area contributed by atoms with Gasteiger partial charge in [0.1, 0.15) is 5.03 Å². The Morgan fingerprint density at radius 2 is 1.84 bits per heavy atom. The van der Waals surface area contributed by atoms with Gasteiger partial charge in [-0.25, -0.2) is 9.78 Å². The highest BCUT2D eigenvalue weighted by molar-refractivity contribution is 7.99. The second kappa shape index (κ2) is 5.45. The molecule has 1 heterocycles. The van der Waals surface area contributed by atoms with Gasteiger partial charge >= 0.3 is 5.97 Å². The third kappa shape index (κ3) is 2.96. The van der Waals surface area contributed by atoms with Gasteiger partial charge in [0, 0.05) is 10.6 Å². The number of benzene rings is 1. The van der Waals surface area contributed by atoms with Gasteiger partial charge in [-0.1, -0.05) is 30.0 Å². The van der Waals surface area contributed by atoms with Crippen LogP contribution in [0.2, 0.25) is 0 Å². The average Bonchev–Trinajstić information content (AvgIpc) is 2.30. The van der Waals surface area contributed by atoms with Gasteiger partial charge in [-0.2, -0.15) is 0 Å². The van der Waals surface area contributed by atoms with E-state index in [1.807, 2.05) is 38.1 Å². The van der Waals surface area contributed by atoms with Crippen molar-refractivity contribution >= 4 is 17.7 Å². The number of aromatic carboxylic acids is 1. The summed E-state index contributed by atoms with van der Waals surface area (Å²) in [7, 11) is 0. The number of carbonyl (C=O) groups is 1. The number of aryl methyl sites for hydroxylation is 3. The molecule has 1 aromatic carbocycles. The van der Waals surface area contributed by atoms with Crippen molar-refractivity contribution < 1.29 is 9.90 Å². The van der Waals surface area contributed by atoms with Crippen molar-refractivity contribution in [1.82, 2.24) is 4.98 Å². The highest BCUT2D eigenvalue weighted by Gasteiger charge is 2.17. The molecule has 0 amide bonds. The summed E-state index contributed by atoms with van der Waals surface area (Å²) in [5.41, 5.74) is 2.98. The molecule has 2 rings (SSSR count). The summed E-state index contributed by atoms with van der Waals surface area (Å²) in [6.45, 7) is 5.69. The second-order valence-electron chi connectivity index (χ2n) is 4.43. The fraction of sp³-hybridized carbons (Fsp3) is 0.200. The first-order valence-corrected chi connectivity index (χ1v) is 6.75. The van der Waals surface area contributed by atoms with Crippen molar-refractivity contribution in [2.24, 2.45) is 0 Å². The summed E-state index contributed by atoms with van der Waals surface area (Å²) in [4.78, 5) is 16.8. The molecule has 3 nitrogen and oxygen atoms in total. The molecule has 98 valence electrons. The van der Waals surface area contributed by atoms with Crippen molar-refractivity contribution in [2.45, 2.75) is 30.7 Å². The summed E-state index contributed by atoms with van der Waals surface area (Å²) in [5, 5.41) is 9.89. The molecule has 0 atom stereocenters. The second-order valence-corrected chi connectivity index (χ2v) is 5.46. The third-order valence-corrected chi connectivity index (χ3v) is 3.99. The largest absolute Gasteiger partial charge is 0.478 e. The number of hydrogen-bond donors (Lipinski definition) is 1. The molecule has 0 unspecified atom stereocenters. The van der Waals surface area contributed by atoms with Gasteiger partial charge in [0.2, 0.25) is 0 Å². The van der Waals surface area contributed by atoms with Crippen LogP contribution in [0.15, 0.2) is 40.3 Å². The Hall–Kier alpha value is -1.81.